The molecule has 2 nitrogen and oxygen atoms in total. The standard InChI is InChI=1S/C11H13FO2/c1-11(6-13)5-8-2-3-9(12)4-10(8)14-7-11/h2-4,13H,5-7H2,1H3. The molecule has 0 saturated carbocycles. The highest BCUT2D eigenvalue weighted by molar-refractivity contribution is 5.36. The summed E-state index contributed by atoms with van der Waals surface area (Å²) in [5.41, 5.74) is 0.736. The number of halogens is 1. The van der Waals surface area contributed by atoms with Crippen molar-refractivity contribution < 1.29 is 14.2 Å². The van der Waals surface area contributed by atoms with E-state index >= 15 is 0 Å². The molecule has 1 unspecified atom stereocenters. The first-order chi connectivity index (χ1) is 6.63. The van der Waals surface area contributed by atoms with Crippen LogP contribution >= 0.6 is 0 Å². The van der Waals surface area contributed by atoms with Crippen molar-refractivity contribution in [3.05, 3.63) is 29.6 Å². The summed E-state index contributed by atoms with van der Waals surface area (Å²) in [6, 6.07) is 4.54. The third-order valence-electron chi connectivity index (χ3n) is 2.60. The summed E-state index contributed by atoms with van der Waals surface area (Å²) < 4.78 is 18.3. The van der Waals surface area contributed by atoms with E-state index in [1.807, 2.05) is 6.92 Å². The number of hydrogen-bond donors (Lipinski definition) is 1. The van der Waals surface area contributed by atoms with Crippen LogP contribution in [0.5, 0.6) is 5.75 Å². The molecule has 1 aliphatic rings. The molecule has 1 atom stereocenters. The van der Waals surface area contributed by atoms with Gasteiger partial charge in [-0.3, -0.25) is 0 Å². The fourth-order valence-electron chi connectivity index (χ4n) is 1.67. The largest absolute Gasteiger partial charge is 0.493 e. The molecule has 0 radical (unpaired) electrons. The Kier molecular flexibility index (Phi) is 2.19. The van der Waals surface area contributed by atoms with E-state index in [2.05, 4.69) is 0 Å². The maximum absolute atomic E-state index is 12.8. The van der Waals surface area contributed by atoms with Crippen molar-refractivity contribution in [1.29, 1.82) is 0 Å². The topological polar surface area (TPSA) is 29.5 Å². The minimum atomic E-state index is -0.281. The fraction of sp³-hybridized carbons (Fsp3) is 0.455. The molecule has 1 heterocycles. The number of aliphatic hydroxyl groups excluding tert-OH is 1. The zero-order chi connectivity index (χ0) is 10.2. The third kappa shape index (κ3) is 1.60. The quantitative estimate of drug-likeness (QED) is 0.741. The maximum Gasteiger partial charge on any atom is 0.126 e. The number of benzene rings is 1. The fourth-order valence-corrected chi connectivity index (χ4v) is 1.67. The number of aliphatic hydroxyl groups is 1. The van der Waals surface area contributed by atoms with Gasteiger partial charge in [-0.05, 0) is 18.1 Å². The van der Waals surface area contributed by atoms with Gasteiger partial charge in [-0.25, -0.2) is 4.39 Å². The average Bonchev–Trinajstić information content (AvgIpc) is 2.19. The van der Waals surface area contributed by atoms with Gasteiger partial charge >= 0.3 is 0 Å². The van der Waals surface area contributed by atoms with E-state index < -0.39 is 0 Å². The lowest BCUT2D eigenvalue weighted by Gasteiger charge is -2.33. The van der Waals surface area contributed by atoms with Crippen molar-refractivity contribution in [3.8, 4) is 5.75 Å². The van der Waals surface area contributed by atoms with Gasteiger partial charge in [-0.15, -0.1) is 0 Å². The lowest BCUT2D eigenvalue weighted by molar-refractivity contribution is 0.0666. The van der Waals surface area contributed by atoms with Crippen molar-refractivity contribution in [2.24, 2.45) is 5.41 Å². The highest BCUT2D eigenvalue weighted by Crippen LogP contribution is 2.34. The van der Waals surface area contributed by atoms with E-state index in [0.29, 0.717) is 12.4 Å². The van der Waals surface area contributed by atoms with Crippen molar-refractivity contribution in [1.82, 2.24) is 0 Å². The molecular weight excluding hydrogens is 183 g/mol. The van der Waals surface area contributed by atoms with E-state index in [9.17, 15) is 9.50 Å². The van der Waals surface area contributed by atoms with Gasteiger partial charge < -0.3 is 9.84 Å². The van der Waals surface area contributed by atoms with Crippen LogP contribution in [0.25, 0.3) is 0 Å². The first-order valence-electron chi connectivity index (χ1n) is 4.65. The van der Waals surface area contributed by atoms with Crippen LogP contribution in [-0.4, -0.2) is 18.3 Å². The van der Waals surface area contributed by atoms with E-state index in [0.717, 1.165) is 12.0 Å². The Morgan fingerprint density at radius 3 is 3.07 bits per heavy atom. The molecule has 76 valence electrons. The van der Waals surface area contributed by atoms with Crippen molar-refractivity contribution in [2.75, 3.05) is 13.2 Å². The summed E-state index contributed by atoms with van der Waals surface area (Å²) >= 11 is 0. The van der Waals surface area contributed by atoms with Gasteiger partial charge in [0.25, 0.3) is 0 Å². The minimum absolute atomic E-state index is 0.0871. The molecule has 0 fully saturated rings. The van der Waals surface area contributed by atoms with E-state index in [1.165, 1.54) is 12.1 Å². The highest BCUT2D eigenvalue weighted by Gasteiger charge is 2.30. The molecule has 1 N–H and O–H groups in total. The molecule has 3 heteroatoms. The lowest BCUT2D eigenvalue weighted by atomic mass is 9.83. The molecule has 2 rings (SSSR count). The van der Waals surface area contributed by atoms with Crippen molar-refractivity contribution >= 4 is 0 Å². The number of hydrogen-bond acceptors (Lipinski definition) is 2. The normalized spacial score (nSPS) is 25.4. The van der Waals surface area contributed by atoms with E-state index in [1.54, 1.807) is 6.07 Å². The first kappa shape index (κ1) is 9.46. The molecule has 14 heavy (non-hydrogen) atoms. The smallest absolute Gasteiger partial charge is 0.126 e. The third-order valence-corrected chi connectivity index (χ3v) is 2.60. The van der Waals surface area contributed by atoms with Crippen LogP contribution < -0.4 is 4.74 Å². The lowest BCUT2D eigenvalue weighted by Crippen LogP contribution is -2.35. The van der Waals surface area contributed by atoms with Crippen molar-refractivity contribution in [3.63, 3.8) is 0 Å². The molecule has 0 aliphatic carbocycles. The Morgan fingerprint density at radius 2 is 2.36 bits per heavy atom. The minimum Gasteiger partial charge on any atom is -0.493 e. The molecule has 0 aromatic heterocycles. The zero-order valence-corrected chi connectivity index (χ0v) is 8.09. The number of rotatable bonds is 1. The molecule has 1 aromatic carbocycles. The number of ether oxygens (including phenoxy) is 1. The summed E-state index contributed by atoms with van der Waals surface area (Å²) in [4.78, 5) is 0. The van der Waals surface area contributed by atoms with Gasteiger partial charge in [0.2, 0.25) is 0 Å². The molecule has 1 aliphatic heterocycles. The first-order valence-corrected chi connectivity index (χ1v) is 4.65. The molecule has 0 saturated heterocycles. The molecular formula is C11H13FO2. The summed E-state index contributed by atoms with van der Waals surface area (Å²) in [5.74, 6) is 0.326. The Balaban J connectivity index is 2.31. The summed E-state index contributed by atoms with van der Waals surface area (Å²) in [5, 5.41) is 9.18. The molecule has 0 spiro atoms. The van der Waals surface area contributed by atoms with Crippen LogP contribution in [0.4, 0.5) is 4.39 Å². The van der Waals surface area contributed by atoms with Crippen LogP contribution in [0.2, 0.25) is 0 Å². The van der Waals surface area contributed by atoms with Crippen LogP contribution in [0.15, 0.2) is 18.2 Å². The second-order valence-electron chi connectivity index (χ2n) is 4.19. The van der Waals surface area contributed by atoms with Gasteiger partial charge in [0.05, 0.1) is 13.2 Å². The van der Waals surface area contributed by atoms with Gasteiger partial charge in [0.1, 0.15) is 11.6 Å². The predicted octanol–water partition coefficient (Wildman–Crippen LogP) is 1.76. The zero-order valence-electron chi connectivity index (χ0n) is 8.09. The Morgan fingerprint density at radius 1 is 1.57 bits per heavy atom. The maximum atomic E-state index is 12.8. The van der Waals surface area contributed by atoms with Crippen LogP contribution in [-0.2, 0) is 6.42 Å². The second kappa shape index (κ2) is 3.24. The Bertz CT molecular complexity index is 351. The van der Waals surface area contributed by atoms with Gasteiger partial charge in [-0.1, -0.05) is 13.0 Å². The van der Waals surface area contributed by atoms with Gasteiger partial charge in [-0.2, -0.15) is 0 Å². The van der Waals surface area contributed by atoms with Gasteiger partial charge in [0.15, 0.2) is 0 Å². The summed E-state index contributed by atoms with van der Waals surface area (Å²) in [7, 11) is 0. The molecule has 0 amide bonds. The molecule has 1 aromatic rings. The van der Waals surface area contributed by atoms with Crippen LogP contribution in [0.1, 0.15) is 12.5 Å². The SMILES string of the molecule is CC1(CO)COc2cc(F)ccc2C1. The van der Waals surface area contributed by atoms with Crippen LogP contribution in [0, 0.1) is 11.2 Å². The van der Waals surface area contributed by atoms with Crippen LogP contribution in [0.3, 0.4) is 0 Å². The van der Waals surface area contributed by atoms with Gasteiger partial charge in [0, 0.05) is 11.5 Å². The monoisotopic (exact) mass is 196 g/mol. The van der Waals surface area contributed by atoms with E-state index in [-0.39, 0.29) is 17.8 Å². The Hall–Kier alpha value is -1.09. The highest BCUT2D eigenvalue weighted by atomic mass is 19.1. The number of fused-ring (bicyclic) bond motifs is 1. The van der Waals surface area contributed by atoms with Crippen molar-refractivity contribution in [2.45, 2.75) is 13.3 Å². The van der Waals surface area contributed by atoms with E-state index in [4.69, 9.17) is 4.74 Å². The average molecular weight is 196 g/mol. The predicted molar refractivity (Wildman–Crippen MR) is 50.8 cm³/mol. The molecule has 0 bridgehead atoms. The summed E-state index contributed by atoms with van der Waals surface area (Å²) in [6.45, 7) is 2.49. The summed E-state index contributed by atoms with van der Waals surface area (Å²) in [6.07, 6.45) is 0.735. The Labute approximate surface area is 82.3 Å². The second-order valence-corrected chi connectivity index (χ2v) is 4.19.